The Balaban J connectivity index is 1.39. The molecule has 0 spiro atoms. The zero-order valence-corrected chi connectivity index (χ0v) is 15.0. The maximum absolute atomic E-state index is 12.5. The Hall–Kier alpha value is -2.73. The quantitative estimate of drug-likeness (QED) is 0.689. The van der Waals surface area contributed by atoms with Crippen LogP contribution in [-0.4, -0.2) is 22.5 Å². The van der Waals surface area contributed by atoms with Crippen LogP contribution in [0.2, 0.25) is 0 Å². The van der Waals surface area contributed by atoms with Gasteiger partial charge in [0.2, 0.25) is 0 Å². The maximum atomic E-state index is 12.5. The molecular weight excluding hydrogens is 346 g/mol. The van der Waals surface area contributed by atoms with Crippen molar-refractivity contribution < 1.29 is 9.53 Å². The molecule has 1 aromatic carbocycles. The first-order valence-corrected chi connectivity index (χ1v) is 9.46. The number of nitrogens with one attached hydrogen (secondary N) is 1. The van der Waals surface area contributed by atoms with Crippen molar-refractivity contribution >= 4 is 17.2 Å². The number of aromatic nitrogens is 2. The van der Waals surface area contributed by atoms with Crippen LogP contribution in [0.3, 0.4) is 0 Å². The van der Waals surface area contributed by atoms with Crippen LogP contribution in [0.1, 0.15) is 28.1 Å². The molecule has 4 rings (SSSR count). The first-order chi connectivity index (χ1) is 12.8. The fraction of sp³-hybridized carbons (Fsp3) is 0.250. The van der Waals surface area contributed by atoms with Crippen molar-refractivity contribution in [3.63, 3.8) is 0 Å². The fourth-order valence-corrected chi connectivity index (χ4v) is 3.39. The number of pyridine rings is 1. The molecule has 2 aromatic heterocycles. The highest BCUT2D eigenvalue weighted by molar-refractivity contribution is 7.16. The van der Waals surface area contributed by atoms with E-state index < -0.39 is 0 Å². The topological polar surface area (TPSA) is 64.1 Å². The van der Waals surface area contributed by atoms with Crippen molar-refractivity contribution in [2.45, 2.75) is 19.4 Å². The summed E-state index contributed by atoms with van der Waals surface area (Å²) in [6.45, 7) is 1.19. The largest absolute Gasteiger partial charge is 0.493 e. The molecule has 0 bridgehead atoms. The standard InChI is InChI=1S/C20H19N3O2S/c24-19(18-12-23-20(26-18)15-7-9-21-10-8-15)22-11-16-3-1-2-4-17(16)25-13-14-5-6-14/h1-4,7-10,12,14H,5-6,11,13H2,(H,22,24). The molecule has 0 unspecified atom stereocenters. The molecule has 0 radical (unpaired) electrons. The van der Waals surface area contributed by atoms with E-state index in [1.165, 1.54) is 24.2 Å². The summed E-state index contributed by atoms with van der Waals surface area (Å²) in [4.78, 5) is 21.4. The molecule has 1 fully saturated rings. The zero-order chi connectivity index (χ0) is 17.8. The number of rotatable bonds is 7. The van der Waals surface area contributed by atoms with Crippen LogP contribution in [0.5, 0.6) is 5.75 Å². The second-order valence-electron chi connectivity index (χ2n) is 6.31. The Bertz CT molecular complexity index is 891. The van der Waals surface area contributed by atoms with Gasteiger partial charge in [0, 0.05) is 30.1 Å². The Morgan fingerprint density at radius 1 is 1.19 bits per heavy atom. The minimum Gasteiger partial charge on any atom is -0.493 e. The van der Waals surface area contributed by atoms with E-state index >= 15 is 0 Å². The first-order valence-electron chi connectivity index (χ1n) is 8.65. The maximum Gasteiger partial charge on any atom is 0.263 e. The van der Waals surface area contributed by atoms with Gasteiger partial charge in [-0.3, -0.25) is 9.78 Å². The van der Waals surface area contributed by atoms with Crippen molar-refractivity contribution in [1.82, 2.24) is 15.3 Å². The van der Waals surface area contributed by atoms with Gasteiger partial charge in [-0.2, -0.15) is 0 Å². The molecule has 1 aliphatic rings. The van der Waals surface area contributed by atoms with Crippen LogP contribution < -0.4 is 10.1 Å². The van der Waals surface area contributed by atoms with Gasteiger partial charge >= 0.3 is 0 Å². The summed E-state index contributed by atoms with van der Waals surface area (Å²) in [6.07, 6.45) is 7.56. The molecule has 1 saturated carbocycles. The van der Waals surface area contributed by atoms with Gasteiger partial charge in [-0.25, -0.2) is 4.98 Å². The molecule has 0 saturated heterocycles. The Morgan fingerprint density at radius 2 is 2.00 bits per heavy atom. The molecule has 132 valence electrons. The summed E-state index contributed by atoms with van der Waals surface area (Å²) in [5, 5.41) is 3.77. The predicted octanol–water partition coefficient (Wildman–Crippen LogP) is 3.92. The Labute approximate surface area is 156 Å². The second-order valence-corrected chi connectivity index (χ2v) is 7.34. The van der Waals surface area contributed by atoms with Crippen molar-refractivity contribution in [1.29, 1.82) is 0 Å². The normalized spacial score (nSPS) is 13.4. The third kappa shape index (κ3) is 4.08. The van der Waals surface area contributed by atoms with Crippen molar-refractivity contribution in [3.8, 4) is 16.3 Å². The number of amides is 1. The molecule has 5 nitrogen and oxygen atoms in total. The van der Waals surface area contributed by atoms with E-state index in [1.54, 1.807) is 18.6 Å². The van der Waals surface area contributed by atoms with Gasteiger partial charge in [0.1, 0.15) is 15.6 Å². The summed E-state index contributed by atoms with van der Waals surface area (Å²) >= 11 is 1.37. The summed E-state index contributed by atoms with van der Waals surface area (Å²) in [5.74, 6) is 1.42. The van der Waals surface area contributed by atoms with Gasteiger partial charge in [0.05, 0.1) is 12.8 Å². The van der Waals surface area contributed by atoms with E-state index in [9.17, 15) is 4.79 Å². The number of hydrogen-bond acceptors (Lipinski definition) is 5. The molecule has 3 aromatic rings. The number of ether oxygens (including phenoxy) is 1. The van der Waals surface area contributed by atoms with E-state index in [2.05, 4.69) is 15.3 Å². The molecule has 26 heavy (non-hydrogen) atoms. The predicted molar refractivity (Wildman–Crippen MR) is 101 cm³/mol. The van der Waals surface area contributed by atoms with Crippen LogP contribution in [0.25, 0.3) is 10.6 Å². The fourth-order valence-electron chi connectivity index (χ4n) is 2.55. The van der Waals surface area contributed by atoms with E-state index in [-0.39, 0.29) is 5.91 Å². The smallest absolute Gasteiger partial charge is 0.263 e. The Morgan fingerprint density at radius 3 is 2.81 bits per heavy atom. The minimum atomic E-state index is -0.125. The van der Waals surface area contributed by atoms with Crippen LogP contribution in [0.4, 0.5) is 0 Å². The lowest BCUT2D eigenvalue weighted by molar-refractivity contribution is 0.0954. The van der Waals surface area contributed by atoms with Crippen LogP contribution in [0.15, 0.2) is 55.0 Å². The second kappa shape index (κ2) is 7.66. The SMILES string of the molecule is O=C(NCc1ccccc1OCC1CC1)c1cnc(-c2ccncc2)s1. The molecule has 6 heteroatoms. The average Bonchev–Trinajstić information content (AvgIpc) is 3.39. The van der Waals surface area contributed by atoms with E-state index in [1.807, 2.05) is 36.4 Å². The van der Waals surface area contributed by atoms with Crippen LogP contribution in [-0.2, 0) is 6.54 Å². The molecule has 0 atom stereocenters. The van der Waals surface area contributed by atoms with Gasteiger partial charge < -0.3 is 10.1 Å². The molecule has 1 N–H and O–H groups in total. The van der Waals surface area contributed by atoms with E-state index in [4.69, 9.17) is 4.74 Å². The number of thiazole rings is 1. The number of carbonyl (C=O) groups excluding carboxylic acids is 1. The molecule has 1 amide bonds. The van der Waals surface area contributed by atoms with Gasteiger partial charge in [0.15, 0.2) is 0 Å². The number of benzene rings is 1. The van der Waals surface area contributed by atoms with Gasteiger partial charge in [-0.15, -0.1) is 11.3 Å². The monoisotopic (exact) mass is 365 g/mol. The lowest BCUT2D eigenvalue weighted by atomic mass is 10.2. The molecule has 0 aliphatic heterocycles. The van der Waals surface area contributed by atoms with Crippen molar-refractivity contribution in [2.75, 3.05) is 6.61 Å². The highest BCUT2D eigenvalue weighted by atomic mass is 32.1. The first kappa shape index (κ1) is 16.7. The summed E-state index contributed by atoms with van der Waals surface area (Å²) in [7, 11) is 0. The number of para-hydroxylation sites is 1. The third-order valence-corrected chi connectivity index (χ3v) is 5.29. The number of carbonyl (C=O) groups is 1. The minimum absolute atomic E-state index is 0.125. The molecule has 1 aliphatic carbocycles. The highest BCUT2D eigenvalue weighted by Crippen LogP contribution is 2.30. The van der Waals surface area contributed by atoms with Crippen LogP contribution >= 0.6 is 11.3 Å². The van der Waals surface area contributed by atoms with Gasteiger partial charge in [-0.1, -0.05) is 18.2 Å². The van der Waals surface area contributed by atoms with Crippen LogP contribution in [0, 0.1) is 5.92 Å². The summed E-state index contributed by atoms with van der Waals surface area (Å²) in [6, 6.07) is 11.6. The van der Waals surface area contributed by atoms with Gasteiger partial charge in [0.25, 0.3) is 5.91 Å². The van der Waals surface area contributed by atoms with E-state index in [0.717, 1.165) is 28.5 Å². The zero-order valence-electron chi connectivity index (χ0n) is 14.2. The lowest BCUT2D eigenvalue weighted by Gasteiger charge is -2.11. The third-order valence-electron chi connectivity index (χ3n) is 4.24. The van der Waals surface area contributed by atoms with Crippen molar-refractivity contribution in [3.05, 3.63) is 65.4 Å². The molecule has 2 heterocycles. The average molecular weight is 365 g/mol. The Kier molecular flexibility index (Phi) is 4.93. The van der Waals surface area contributed by atoms with Crippen molar-refractivity contribution in [2.24, 2.45) is 5.92 Å². The lowest BCUT2D eigenvalue weighted by Crippen LogP contribution is -2.22. The summed E-state index contributed by atoms with van der Waals surface area (Å²) in [5.41, 5.74) is 1.95. The highest BCUT2D eigenvalue weighted by Gasteiger charge is 2.22. The number of nitrogens with zero attached hydrogens (tertiary/aromatic N) is 2. The number of hydrogen-bond donors (Lipinski definition) is 1. The molecular formula is C20H19N3O2S. The summed E-state index contributed by atoms with van der Waals surface area (Å²) < 4.78 is 5.89. The van der Waals surface area contributed by atoms with Gasteiger partial charge in [-0.05, 0) is 37.0 Å². The van der Waals surface area contributed by atoms with E-state index in [0.29, 0.717) is 17.3 Å².